The Morgan fingerprint density at radius 3 is 2.68 bits per heavy atom. The van der Waals surface area contributed by atoms with Crippen LogP contribution in [0.4, 0.5) is 5.69 Å². The Kier molecular flexibility index (Phi) is 6.81. The average Bonchev–Trinajstić information content (AvgIpc) is 3.26. The highest BCUT2D eigenvalue weighted by atomic mass is 32.1. The number of nitrogens with one attached hydrogen (secondary N) is 1. The SMILES string of the molecule is CCCOc1ccc(/C=C/C(=O)Nc2ccc(-c3nccs3)cc2)cc1OC. The largest absolute Gasteiger partial charge is 0.493 e. The van der Waals surface area contributed by atoms with Crippen LogP contribution in [0.15, 0.2) is 60.1 Å². The zero-order valence-electron chi connectivity index (χ0n) is 15.8. The van der Waals surface area contributed by atoms with Gasteiger partial charge in [-0.1, -0.05) is 13.0 Å². The first kappa shape index (κ1) is 19.6. The van der Waals surface area contributed by atoms with Gasteiger partial charge in [-0.2, -0.15) is 0 Å². The number of carbonyl (C=O) groups excluding carboxylic acids is 1. The number of thiazole rings is 1. The van der Waals surface area contributed by atoms with Gasteiger partial charge < -0.3 is 14.8 Å². The molecule has 5 nitrogen and oxygen atoms in total. The number of amides is 1. The smallest absolute Gasteiger partial charge is 0.248 e. The Morgan fingerprint density at radius 2 is 2.00 bits per heavy atom. The number of benzene rings is 2. The molecule has 3 rings (SSSR count). The maximum absolute atomic E-state index is 12.2. The van der Waals surface area contributed by atoms with Gasteiger partial charge in [0.25, 0.3) is 0 Å². The summed E-state index contributed by atoms with van der Waals surface area (Å²) < 4.78 is 11.0. The Labute approximate surface area is 168 Å². The zero-order valence-corrected chi connectivity index (χ0v) is 16.7. The summed E-state index contributed by atoms with van der Waals surface area (Å²) >= 11 is 1.58. The molecule has 1 heterocycles. The highest BCUT2D eigenvalue weighted by molar-refractivity contribution is 7.13. The molecule has 6 heteroatoms. The van der Waals surface area contributed by atoms with Crippen molar-refractivity contribution < 1.29 is 14.3 Å². The fourth-order valence-electron chi connectivity index (χ4n) is 2.54. The lowest BCUT2D eigenvalue weighted by Gasteiger charge is -2.10. The van der Waals surface area contributed by atoms with Gasteiger partial charge in [-0.15, -0.1) is 11.3 Å². The lowest BCUT2D eigenvalue weighted by atomic mass is 10.2. The van der Waals surface area contributed by atoms with Crippen LogP contribution in [0.25, 0.3) is 16.6 Å². The summed E-state index contributed by atoms with van der Waals surface area (Å²) in [5, 5.41) is 5.75. The molecule has 0 aliphatic carbocycles. The molecule has 0 aliphatic heterocycles. The Bertz CT molecular complexity index is 935. The second-order valence-electron chi connectivity index (χ2n) is 6.00. The van der Waals surface area contributed by atoms with Gasteiger partial charge in [0.05, 0.1) is 13.7 Å². The van der Waals surface area contributed by atoms with Crippen molar-refractivity contribution in [2.24, 2.45) is 0 Å². The molecule has 1 amide bonds. The summed E-state index contributed by atoms with van der Waals surface area (Å²) in [7, 11) is 1.60. The predicted molar refractivity (Wildman–Crippen MR) is 114 cm³/mol. The van der Waals surface area contributed by atoms with E-state index in [0.717, 1.165) is 28.2 Å². The van der Waals surface area contributed by atoms with Crippen molar-refractivity contribution in [3.8, 4) is 22.1 Å². The number of anilines is 1. The van der Waals surface area contributed by atoms with Crippen LogP contribution in [0.2, 0.25) is 0 Å². The molecule has 144 valence electrons. The molecule has 0 unspecified atom stereocenters. The van der Waals surface area contributed by atoms with Crippen LogP contribution in [0, 0.1) is 0 Å². The van der Waals surface area contributed by atoms with Crippen LogP contribution >= 0.6 is 11.3 Å². The fourth-order valence-corrected chi connectivity index (χ4v) is 3.18. The van der Waals surface area contributed by atoms with Crippen molar-refractivity contribution in [1.82, 2.24) is 4.98 Å². The average molecular weight is 394 g/mol. The molecule has 1 N–H and O–H groups in total. The molecule has 1 aromatic heterocycles. The minimum Gasteiger partial charge on any atom is -0.493 e. The molecular weight excluding hydrogens is 372 g/mol. The van der Waals surface area contributed by atoms with Gasteiger partial charge in [-0.25, -0.2) is 4.98 Å². The number of ether oxygens (including phenoxy) is 2. The van der Waals surface area contributed by atoms with Crippen molar-refractivity contribution >= 4 is 29.0 Å². The van der Waals surface area contributed by atoms with Gasteiger partial charge in [0.1, 0.15) is 5.01 Å². The molecule has 0 radical (unpaired) electrons. The van der Waals surface area contributed by atoms with Crippen LogP contribution in [-0.2, 0) is 4.79 Å². The van der Waals surface area contributed by atoms with Crippen LogP contribution in [-0.4, -0.2) is 24.6 Å². The summed E-state index contributed by atoms with van der Waals surface area (Å²) in [5.74, 6) is 1.15. The Morgan fingerprint density at radius 1 is 1.18 bits per heavy atom. The van der Waals surface area contributed by atoms with Gasteiger partial charge in [0, 0.05) is 28.9 Å². The summed E-state index contributed by atoms with van der Waals surface area (Å²) in [6.07, 6.45) is 5.94. The van der Waals surface area contributed by atoms with Crippen LogP contribution in [0.5, 0.6) is 11.5 Å². The maximum atomic E-state index is 12.2. The van der Waals surface area contributed by atoms with Gasteiger partial charge >= 0.3 is 0 Å². The highest BCUT2D eigenvalue weighted by Crippen LogP contribution is 2.28. The third-order valence-corrected chi connectivity index (χ3v) is 4.73. The van der Waals surface area contributed by atoms with E-state index >= 15 is 0 Å². The first-order valence-electron chi connectivity index (χ1n) is 8.99. The van der Waals surface area contributed by atoms with E-state index in [1.807, 2.05) is 47.8 Å². The quantitative estimate of drug-likeness (QED) is 0.530. The molecule has 0 fully saturated rings. The highest BCUT2D eigenvalue weighted by Gasteiger charge is 2.05. The molecular formula is C22H22N2O3S. The van der Waals surface area contributed by atoms with Gasteiger partial charge in [-0.3, -0.25) is 4.79 Å². The summed E-state index contributed by atoms with van der Waals surface area (Å²) in [6, 6.07) is 13.2. The van der Waals surface area contributed by atoms with E-state index in [1.54, 1.807) is 30.7 Å². The molecule has 28 heavy (non-hydrogen) atoms. The zero-order chi connectivity index (χ0) is 19.8. The molecule has 0 aliphatic rings. The molecule has 0 bridgehead atoms. The van der Waals surface area contributed by atoms with Crippen molar-refractivity contribution in [1.29, 1.82) is 0 Å². The second-order valence-corrected chi connectivity index (χ2v) is 6.89. The summed E-state index contributed by atoms with van der Waals surface area (Å²) in [6.45, 7) is 2.68. The number of hydrogen-bond donors (Lipinski definition) is 1. The van der Waals surface area contributed by atoms with E-state index in [2.05, 4.69) is 17.2 Å². The fraction of sp³-hybridized carbons (Fsp3) is 0.182. The van der Waals surface area contributed by atoms with Gasteiger partial charge in [0.2, 0.25) is 5.91 Å². The number of hydrogen-bond acceptors (Lipinski definition) is 5. The summed E-state index contributed by atoms with van der Waals surface area (Å²) in [4.78, 5) is 16.5. The van der Waals surface area contributed by atoms with E-state index < -0.39 is 0 Å². The first-order chi connectivity index (χ1) is 13.7. The van der Waals surface area contributed by atoms with Crippen LogP contribution in [0.3, 0.4) is 0 Å². The monoisotopic (exact) mass is 394 g/mol. The van der Waals surface area contributed by atoms with Crippen LogP contribution in [0.1, 0.15) is 18.9 Å². The van der Waals surface area contributed by atoms with Crippen molar-refractivity contribution in [3.05, 3.63) is 65.7 Å². The second kappa shape index (κ2) is 9.71. The van der Waals surface area contributed by atoms with Gasteiger partial charge in [0.15, 0.2) is 11.5 Å². The third-order valence-electron chi connectivity index (χ3n) is 3.91. The van der Waals surface area contributed by atoms with Crippen molar-refractivity contribution in [2.75, 3.05) is 19.0 Å². The molecule has 2 aromatic carbocycles. The van der Waals surface area contributed by atoms with Crippen molar-refractivity contribution in [2.45, 2.75) is 13.3 Å². The molecule has 0 saturated carbocycles. The standard InChI is InChI=1S/C22H22N2O3S/c1-3-13-27-19-10-4-16(15-20(19)26-2)5-11-21(25)24-18-8-6-17(7-9-18)22-23-12-14-28-22/h4-12,14-15H,3,13H2,1-2H3,(H,24,25)/b11-5+. The molecule has 0 atom stereocenters. The topological polar surface area (TPSA) is 60.5 Å². The normalized spacial score (nSPS) is 10.8. The Hall–Kier alpha value is -3.12. The Balaban J connectivity index is 1.62. The van der Waals surface area contributed by atoms with E-state index in [4.69, 9.17) is 9.47 Å². The van der Waals surface area contributed by atoms with E-state index in [1.165, 1.54) is 6.08 Å². The predicted octanol–water partition coefficient (Wildman–Crippen LogP) is 5.26. The minimum absolute atomic E-state index is 0.202. The number of carbonyl (C=O) groups is 1. The molecule has 3 aromatic rings. The molecule has 0 saturated heterocycles. The number of aromatic nitrogens is 1. The first-order valence-corrected chi connectivity index (χ1v) is 9.87. The van der Waals surface area contributed by atoms with E-state index in [9.17, 15) is 4.79 Å². The van der Waals surface area contributed by atoms with Crippen LogP contribution < -0.4 is 14.8 Å². The third kappa shape index (κ3) is 5.20. The number of methoxy groups -OCH3 is 1. The van der Waals surface area contributed by atoms with Crippen molar-refractivity contribution in [3.63, 3.8) is 0 Å². The van der Waals surface area contributed by atoms with Gasteiger partial charge in [-0.05, 0) is 54.5 Å². The lowest BCUT2D eigenvalue weighted by Crippen LogP contribution is -2.07. The van der Waals surface area contributed by atoms with E-state index in [-0.39, 0.29) is 5.91 Å². The van der Waals surface area contributed by atoms with E-state index in [0.29, 0.717) is 18.1 Å². The summed E-state index contributed by atoms with van der Waals surface area (Å²) in [5.41, 5.74) is 2.62. The number of nitrogens with zero attached hydrogens (tertiary/aromatic N) is 1. The maximum Gasteiger partial charge on any atom is 0.248 e. The molecule has 0 spiro atoms. The minimum atomic E-state index is -0.202. The number of rotatable bonds is 8. The lowest BCUT2D eigenvalue weighted by molar-refractivity contribution is -0.111.